The number of nitrogens with zero attached hydrogens (tertiary/aromatic N) is 10. The minimum atomic E-state index is -4.29. The maximum atomic E-state index is 14.5. The van der Waals surface area contributed by atoms with Gasteiger partial charge in [-0.25, -0.2) is 37.1 Å². The second kappa shape index (κ2) is 24.6. The van der Waals surface area contributed by atoms with Gasteiger partial charge in [0.05, 0.1) is 22.5 Å². The van der Waals surface area contributed by atoms with Crippen LogP contribution in [-0.4, -0.2) is 133 Å². The number of carbonyl (C=O) groups is 2. The number of para-hydroxylation sites is 1. The number of hydrogen-bond donors (Lipinski definition) is 4. The van der Waals surface area contributed by atoms with E-state index in [0.717, 1.165) is 77.4 Å². The Balaban J connectivity index is 0.788. The van der Waals surface area contributed by atoms with Gasteiger partial charge in [-0.3, -0.25) is 9.59 Å². The fraction of sp³-hybridized carbons (Fsp3) is 0.406. The lowest BCUT2D eigenvalue weighted by molar-refractivity contribution is 0.0737. The standard InChI is InChI=1S/C64H76N14O6S2/c1-39-27-46(30-49-29-41(3)57(44(6)59(49)67)63(79)75-23-19-73(20-24-75)61-55(85(68,81)82)13-10-17-70-61)38-78(36-39)54-15-14-47(31-50(54)34-66)51-32-56(86(69,83)84)62(71-35-51)74-21-25-76(26-22-74)64(80)58-40(2)28-42(4)60(45(58)7)72-52-16-18-77(37-43(52)5)53-12-9-8-11-48(53)33-65/h8-15,17,28-29,31-32,35,39,43,46,52,72H,16,18-27,30,36-38,67H2,1-7H3,(H2,68,81,82)(H2,69,83,84)/t39-,43-,46?,52+/m1/s1. The summed E-state index contributed by atoms with van der Waals surface area (Å²) in [5.74, 6) is 0.948. The summed E-state index contributed by atoms with van der Waals surface area (Å²) in [6.45, 7) is 20.0. The van der Waals surface area contributed by atoms with E-state index in [0.29, 0.717) is 110 Å². The Hall–Kier alpha value is -8.28. The molecule has 450 valence electrons. The number of anilines is 6. The van der Waals surface area contributed by atoms with Crippen LogP contribution in [0.2, 0.25) is 0 Å². The quantitative estimate of drug-likeness (QED) is 0.0828. The van der Waals surface area contributed by atoms with Gasteiger partial charge in [0, 0.05) is 125 Å². The lowest BCUT2D eigenvalue weighted by Gasteiger charge is -2.40. The molecule has 4 fully saturated rings. The number of piperidine rings is 2. The minimum absolute atomic E-state index is 0.0556. The Morgan fingerprint density at radius 2 is 1.23 bits per heavy atom. The summed E-state index contributed by atoms with van der Waals surface area (Å²) in [7, 11) is -8.28. The number of aromatic nitrogens is 2. The van der Waals surface area contributed by atoms with Gasteiger partial charge in [-0.15, -0.1) is 0 Å². The molecule has 6 heterocycles. The van der Waals surface area contributed by atoms with Crippen LogP contribution >= 0.6 is 0 Å². The Morgan fingerprint density at radius 3 is 1.86 bits per heavy atom. The molecule has 4 aliphatic heterocycles. The van der Waals surface area contributed by atoms with Gasteiger partial charge in [0.1, 0.15) is 33.6 Å². The van der Waals surface area contributed by atoms with Gasteiger partial charge in [-0.05, 0) is 153 Å². The summed E-state index contributed by atoms with van der Waals surface area (Å²) in [6.07, 6.45) is 5.57. The Labute approximate surface area is 505 Å². The Morgan fingerprint density at radius 1 is 0.628 bits per heavy atom. The summed E-state index contributed by atoms with van der Waals surface area (Å²) in [4.78, 5) is 49.2. The summed E-state index contributed by atoms with van der Waals surface area (Å²) in [5, 5.41) is 35.6. The van der Waals surface area contributed by atoms with Gasteiger partial charge in [-0.2, -0.15) is 10.5 Å². The van der Waals surface area contributed by atoms with Crippen LogP contribution in [-0.2, 0) is 26.5 Å². The van der Waals surface area contributed by atoms with E-state index in [2.05, 4.69) is 59.1 Å². The van der Waals surface area contributed by atoms with Crippen molar-refractivity contribution in [2.45, 2.75) is 83.6 Å². The third-order valence-corrected chi connectivity index (χ3v) is 19.7. The average Bonchev–Trinajstić information content (AvgIpc) is 2.19. The summed E-state index contributed by atoms with van der Waals surface area (Å²) >= 11 is 0. The van der Waals surface area contributed by atoms with E-state index in [1.54, 1.807) is 17.2 Å². The van der Waals surface area contributed by atoms with Crippen LogP contribution in [0.4, 0.5) is 34.4 Å². The van der Waals surface area contributed by atoms with Crippen LogP contribution in [0.1, 0.15) is 91.9 Å². The van der Waals surface area contributed by atoms with Crippen molar-refractivity contribution in [3.05, 3.63) is 141 Å². The van der Waals surface area contributed by atoms with Gasteiger partial charge in [0.2, 0.25) is 20.0 Å². The molecule has 0 bridgehead atoms. The third-order valence-electron chi connectivity index (χ3n) is 17.9. The number of pyridine rings is 2. The zero-order chi connectivity index (χ0) is 61.5. The second-order valence-electron chi connectivity index (χ2n) is 23.9. The van der Waals surface area contributed by atoms with Crippen molar-refractivity contribution in [2.24, 2.45) is 28.0 Å². The lowest BCUT2D eigenvalue weighted by atomic mass is 9.83. The molecule has 0 radical (unpaired) electrons. The molecule has 20 nitrogen and oxygen atoms in total. The van der Waals surface area contributed by atoms with E-state index in [9.17, 15) is 36.9 Å². The number of hydrogen-bond acceptors (Lipinski definition) is 16. The van der Waals surface area contributed by atoms with E-state index in [1.807, 2.05) is 84.9 Å². The lowest BCUT2D eigenvalue weighted by Crippen LogP contribution is -2.49. The van der Waals surface area contributed by atoms with Gasteiger partial charge >= 0.3 is 0 Å². The van der Waals surface area contributed by atoms with Crippen molar-refractivity contribution in [2.75, 3.05) is 109 Å². The largest absolute Gasteiger partial charge is 0.398 e. The van der Waals surface area contributed by atoms with E-state index in [1.165, 1.54) is 24.4 Å². The van der Waals surface area contributed by atoms with Crippen LogP contribution in [0.15, 0.2) is 95.0 Å². The molecule has 7 N–H and O–H groups in total. The van der Waals surface area contributed by atoms with Crippen LogP contribution in [0.25, 0.3) is 11.1 Å². The monoisotopic (exact) mass is 1200 g/mol. The van der Waals surface area contributed by atoms with Crippen molar-refractivity contribution in [1.82, 2.24) is 19.8 Å². The first-order chi connectivity index (χ1) is 40.9. The van der Waals surface area contributed by atoms with Crippen molar-refractivity contribution in [3.63, 3.8) is 0 Å². The third kappa shape index (κ3) is 12.4. The number of nitriles is 2. The first-order valence-electron chi connectivity index (χ1n) is 29.3. The van der Waals surface area contributed by atoms with Crippen molar-refractivity contribution >= 4 is 66.2 Å². The van der Waals surface area contributed by atoms with Crippen LogP contribution < -0.4 is 40.9 Å². The summed E-state index contributed by atoms with van der Waals surface area (Å²) in [5.41, 5.74) is 18.8. The smallest absolute Gasteiger partial charge is 0.254 e. The molecule has 2 amide bonds. The number of rotatable bonds is 13. The van der Waals surface area contributed by atoms with Gasteiger partial charge in [-0.1, -0.05) is 44.2 Å². The number of benzene rings is 4. The highest BCUT2D eigenvalue weighted by Crippen LogP contribution is 2.38. The molecule has 1 unspecified atom stereocenters. The first kappa shape index (κ1) is 60.8. The predicted molar refractivity (Wildman–Crippen MR) is 336 cm³/mol. The highest BCUT2D eigenvalue weighted by atomic mass is 32.2. The molecule has 6 aromatic rings. The number of aryl methyl sites for hydroxylation is 3. The number of nitrogens with one attached hydrogen (secondary N) is 1. The molecule has 4 aromatic carbocycles. The Kier molecular flexibility index (Phi) is 17.4. The second-order valence-corrected chi connectivity index (χ2v) is 27.0. The fourth-order valence-corrected chi connectivity index (χ4v) is 15.0. The van der Waals surface area contributed by atoms with E-state index in [4.69, 9.17) is 21.0 Å². The highest BCUT2D eigenvalue weighted by Gasteiger charge is 2.35. The van der Waals surface area contributed by atoms with Crippen LogP contribution in [0.5, 0.6) is 0 Å². The van der Waals surface area contributed by atoms with Crippen molar-refractivity contribution in [3.8, 4) is 23.3 Å². The van der Waals surface area contributed by atoms with Crippen molar-refractivity contribution in [1.29, 1.82) is 10.5 Å². The minimum Gasteiger partial charge on any atom is -0.398 e. The average molecular weight is 1200 g/mol. The molecule has 10 rings (SSSR count). The van der Waals surface area contributed by atoms with Gasteiger partial charge < -0.3 is 40.4 Å². The molecule has 0 saturated carbocycles. The van der Waals surface area contributed by atoms with E-state index in [-0.39, 0.29) is 57.0 Å². The van der Waals surface area contributed by atoms with E-state index < -0.39 is 20.0 Å². The molecule has 4 atom stereocenters. The number of carbonyl (C=O) groups excluding carboxylic acids is 2. The van der Waals surface area contributed by atoms with Gasteiger partial charge in [0.15, 0.2) is 0 Å². The van der Waals surface area contributed by atoms with Gasteiger partial charge in [0.25, 0.3) is 11.8 Å². The number of nitrogens with two attached hydrogens (primary N) is 3. The molecule has 0 spiro atoms. The number of nitrogen functional groups attached to an aromatic ring is 1. The number of piperazine rings is 2. The molecule has 22 heteroatoms. The molecular weight excluding hydrogens is 1120 g/mol. The topological polar surface area (TPSA) is 285 Å². The van der Waals surface area contributed by atoms with Crippen LogP contribution in [0, 0.1) is 75.0 Å². The van der Waals surface area contributed by atoms with Crippen molar-refractivity contribution < 1.29 is 26.4 Å². The Bertz CT molecular complexity index is 3960. The molecule has 86 heavy (non-hydrogen) atoms. The fourth-order valence-electron chi connectivity index (χ4n) is 13.6. The number of primary sulfonamides is 2. The first-order valence-corrected chi connectivity index (χ1v) is 32.4. The molecule has 2 aromatic heterocycles. The maximum Gasteiger partial charge on any atom is 0.254 e. The van der Waals surface area contributed by atoms with Crippen LogP contribution in [0.3, 0.4) is 0 Å². The number of amides is 2. The molecule has 4 aliphatic rings. The molecule has 4 saturated heterocycles. The summed E-state index contributed by atoms with van der Waals surface area (Å²) in [6, 6.07) is 26.7. The zero-order valence-electron chi connectivity index (χ0n) is 50.0. The molecular formula is C64H76N14O6S2. The zero-order valence-corrected chi connectivity index (χ0v) is 51.6. The maximum absolute atomic E-state index is 14.5. The SMILES string of the molecule is Cc1cc(C)c(C(=O)N2CCN(c3ncc(-c4ccc(N5CC(Cc6cc(C)c(C(=O)N7CCN(c8ncccc8S(N)(=O)=O)CC7)c(C)c6N)C[C@@H](C)C5)c(C#N)c4)cc3S(N)(=O)=O)CC2)c(C)c1N[C@H]1CCN(c2ccccc2C#N)C[C@H]1C. The highest BCUT2D eigenvalue weighted by molar-refractivity contribution is 7.89. The summed E-state index contributed by atoms with van der Waals surface area (Å²) < 4.78 is 51.3. The van der Waals surface area contributed by atoms with E-state index >= 15 is 0 Å². The predicted octanol–water partition coefficient (Wildman–Crippen LogP) is 7.26. The normalized spacial score (nSPS) is 19.5. The number of sulfonamides is 2. The molecule has 0 aliphatic carbocycles.